The molecular weight excluding hydrogens is 406 g/mol. The number of carbonyl (C=O) groups excluding carboxylic acids is 1. The molecule has 0 aliphatic heterocycles. The van der Waals surface area contributed by atoms with Crippen LogP contribution in [0.25, 0.3) is 11.1 Å². The third-order valence-electron chi connectivity index (χ3n) is 5.30. The van der Waals surface area contributed by atoms with Gasteiger partial charge in [-0.1, -0.05) is 66.4 Å². The van der Waals surface area contributed by atoms with E-state index >= 15 is 0 Å². The summed E-state index contributed by atoms with van der Waals surface area (Å²) in [6.45, 7) is 0.241. The average molecular weight is 427 g/mol. The fourth-order valence-electron chi connectivity index (χ4n) is 3.87. The molecule has 6 nitrogen and oxygen atoms in total. The molecule has 3 aromatic rings. The van der Waals surface area contributed by atoms with Crippen LogP contribution < -0.4 is 5.32 Å². The first-order chi connectivity index (χ1) is 15.5. The minimum absolute atomic E-state index is 0.0202. The van der Waals surface area contributed by atoms with E-state index in [1.807, 2.05) is 24.3 Å². The van der Waals surface area contributed by atoms with Gasteiger partial charge in [-0.05, 0) is 39.9 Å². The Morgan fingerprint density at radius 1 is 0.969 bits per heavy atom. The number of phenols is 1. The number of carboxylic acids is 1. The zero-order chi connectivity index (χ0) is 22.5. The lowest BCUT2D eigenvalue weighted by Crippen LogP contribution is -2.26. The van der Waals surface area contributed by atoms with Gasteiger partial charge in [0.15, 0.2) is 0 Å². The van der Waals surface area contributed by atoms with Gasteiger partial charge >= 0.3 is 12.1 Å². The molecule has 0 atom stereocenters. The number of aliphatic carboxylic acids is 1. The number of benzene rings is 3. The normalized spacial score (nSPS) is 11.6. The number of hydrogen-bond donors (Lipinski definition) is 3. The van der Waals surface area contributed by atoms with Crippen LogP contribution in [0.15, 0.2) is 66.7 Å². The van der Waals surface area contributed by atoms with Gasteiger partial charge in [0, 0.05) is 5.92 Å². The summed E-state index contributed by atoms with van der Waals surface area (Å²) in [6.07, 6.45) is -0.738. The highest BCUT2D eigenvalue weighted by molar-refractivity contribution is 5.79. The zero-order valence-electron chi connectivity index (χ0n) is 17.2. The van der Waals surface area contributed by atoms with Crippen molar-refractivity contribution in [3.05, 3.63) is 89.0 Å². The molecule has 0 bridgehead atoms. The first-order valence-electron chi connectivity index (χ1n) is 10.1. The molecule has 6 heteroatoms. The van der Waals surface area contributed by atoms with Gasteiger partial charge in [0.2, 0.25) is 0 Å². The van der Waals surface area contributed by atoms with Gasteiger partial charge < -0.3 is 20.3 Å². The van der Waals surface area contributed by atoms with E-state index in [2.05, 4.69) is 41.4 Å². The fraction of sp³-hybridized carbons (Fsp3) is 0.154. The van der Waals surface area contributed by atoms with Crippen molar-refractivity contribution in [3.8, 4) is 28.7 Å². The molecule has 32 heavy (non-hydrogen) atoms. The first-order valence-corrected chi connectivity index (χ1v) is 10.1. The maximum Gasteiger partial charge on any atom is 0.407 e. The van der Waals surface area contributed by atoms with Gasteiger partial charge in [0.25, 0.3) is 0 Å². The Morgan fingerprint density at radius 2 is 1.62 bits per heavy atom. The Labute approximate surface area is 185 Å². The molecule has 160 valence electrons. The second-order valence-electron chi connectivity index (χ2n) is 7.40. The number of hydrogen-bond acceptors (Lipinski definition) is 4. The first kappa shape index (κ1) is 21.0. The Bertz CT molecular complexity index is 1190. The summed E-state index contributed by atoms with van der Waals surface area (Å²) in [7, 11) is 0. The molecule has 0 spiro atoms. The van der Waals surface area contributed by atoms with Gasteiger partial charge in [-0.3, -0.25) is 4.79 Å². The predicted octanol–water partition coefficient (Wildman–Crippen LogP) is 3.91. The number of amides is 1. The molecule has 1 amide bonds. The highest BCUT2D eigenvalue weighted by Crippen LogP contribution is 2.44. The van der Waals surface area contributed by atoms with Crippen LogP contribution in [0.2, 0.25) is 0 Å². The number of fused-ring (bicyclic) bond motifs is 3. The number of alkyl carbamates (subject to hydrolysis) is 1. The molecule has 4 rings (SSSR count). The fourth-order valence-corrected chi connectivity index (χ4v) is 3.87. The Balaban J connectivity index is 1.34. The number of nitrogens with one attached hydrogen (secondary N) is 1. The van der Waals surface area contributed by atoms with Crippen LogP contribution in [-0.2, 0) is 16.0 Å². The van der Waals surface area contributed by atoms with Crippen LogP contribution >= 0.6 is 0 Å². The lowest BCUT2D eigenvalue weighted by atomic mass is 9.98. The van der Waals surface area contributed by atoms with Gasteiger partial charge in [0.05, 0.1) is 18.5 Å². The van der Waals surface area contributed by atoms with E-state index in [1.165, 1.54) is 18.2 Å². The van der Waals surface area contributed by atoms with Gasteiger partial charge in [0.1, 0.15) is 12.4 Å². The summed E-state index contributed by atoms with van der Waals surface area (Å²) in [6, 6.07) is 20.7. The standard InChI is InChI=1S/C26H21NO5/c28-24-12-11-17(15-25(29)30)14-18(24)6-5-13-27-26(31)32-16-23-21-9-3-1-7-19(21)20-8-2-4-10-22(20)23/h1-4,7-12,14,23,28H,13,15-16H2,(H,27,31)(H,29,30). The topological polar surface area (TPSA) is 95.9 Å². The van der Waals surface area contributed by atoms with Crippen molar-refractivity contribution in [2.45, 2.75) is 12.3 Å². The minimum atomic E-state index is -0.966. The van der Waals surface area contributed by atoms with Gasteiger partial charge in [-0.15, -0.1) is 0 Å². The summed E-state index contributed by atoms with van der Waals surface area (Å²) in [5, 5.41) is 21.3. The molecule has 0 saturated heterocycles. The van der Waals surface area contributed by atoms with Gasteiger partial charge in [-0.2, -0.15) is 0 Å². The Hall–Kier alpha value is -4.24. The average Bonchev–Trinajstić information content (AvgIpc) is 3.11. The molecule has 3 N–H and O–H groups in total. The number of carbonyl (C=O) groups is 2. The van der Waals surface area contributed by atoms with E-state index in [9.17, 15) is 14.7 Å². The Morgan fingerprint density at radius 3 is 2.28 bits per heavy atom. The van der Waals surface area contributed by atoms with Crippen molar-refractivity contribution in [2.24, 2.45) is 0 Å². The molecule has 0 aromatic heterocycles. The summed E-state index contributed by atoms with van der Waals surface area (Å²) in [5.41, 5.74) is 5.43. The summed E-state index contributed by atoms with van der Waals surface area (Å²) < 4.78 is 5.45. The molecule has 1 aliphatic carbocycles. The minimum Gasteiger partial charge on any atom is -0.507 e. The zero-order valence-corrected chi connectivity index (χ0v) is 17.2. The van der Waals surface area contributed by atoms with Crippen LogP contribution in [0.5, 0.6) is 5.75 Å². The Kier molecular flexibility index (Phi) is 6.09. The van der Waals surface area contributed by atoms with E-state index in [4.69, 9.17) is 9.84 Å². The van der Waals surface area contributed by atoms with Crippen molar-refractivity contribution in [2.75, 3.05) is 13.2 Å². The number of phenolic OH excluding ortho intramolecular Hbond substituents is 1. The highest BCUT2D eigenvalue weighted by atomic mass is 16.5. The van der Waals surface area contributed by atoms with E-state index in [-0.39, 0.29) is 31.2 Å². The lowest BCUT2D eigenvalue weighted by Gasteiger charge is -2.14. The van der Waals surface area contributed by atoms with E-state index in [1.54, 1.807) is 0 Å². The van der Waals surface area contributed by atoms with Crippen LogP contribution in [0.3, 0.4) is 0 Å². The van der Waals surface area contributed by atoms with Crippen LogP contribution in [-0.4, -0.2) is 35.4 Å². The maximum absolute atomic E-state index is 12.2. The predicted molar refractivity (Wildman–Crippen MR) is 119 cm³/mol. The number of ether oxygens (including phenoxy) is 1. The molecule has 0 heterocycles. The third-order valence-corrected chi connectivity index (χ3v) is 5.30. The van der Waals surface area contributed by atoms with Crippen LogP contribution in [0, 0.1) is 11.8 Å². The molecule has 1 aliphatic rings. The number of aromatic hydroxyl groups is 1. The monoisotopic (exact) mass is 427 g/mol. The van der Waals surface area contributed by atoms with Gasteiger partial charge in [-0.25, -0.2) is 4.79 Å². The maximum atomic E-state index is 12.2. The third kappa shape index (κ3) is 4.57. The largest absolute Gasteiger partial charge is 0.507 e. The van der Waals surface area contributed by atoms with E-state index in [0.717, 1.165) is 22.3 Å². The molecule has 0 fully saturated rings. The van der Waals surface area contributed by atoms with Crippen LogP contribution in [0.4, 0.5) is 4.79 Å². The number of rotatable bonds is 5. The molecule has 0 radical (unpaired) electrons. The van der Waals surface area contributed by atoms with E-state index in [0.29, 0.717) is 11.1 Å². The number of carboxylic acid groups (broad SMARTS) is 1. The van der Waals surface area contributed by atoms with Crippen molar-refractivity contribution in [3.63, 3.8) is 0 Å². The molecular formula is C26H21NO5. The molecule has 3 aromatic carbocycles. The van der Waals surface area contributed by atoms with Crippen molar-refractivity contribution < 1.29 is 24.5 Å². The van der Waals surface area contributed by atoms with Crippen molar-refractivity contribution in [1.29, 1.82) is 0 Å². The molecule has 0 unspecified atom stereocenters. The SMILES string of the molecule is O=C(O)Cc1ccc(O)c(C#CCNC(=O)OCC2c3ccccc3-c3ccccc32)c1. The van der Waals surface area contributed by atoms with Crippen molar-refractivity contribution >= 4 is 12.1 Å². The smallest absolute Gasteiger partial charge is 0.407 e. The van der Waals surface area contributed by atoms with E-state index < -0.39 is 12.1 Å². The second kappa shape index (κ2) is 9.27. The highest BCUT2D eigenvalue weighted by Gasteiger charge is 2.28. The summed E-state index contributed by atoms with van der Waals surface area (Å²) in [5.74, 6) is 4.45. The summed E-state index contributed by atoms with van der Waals surface area (Å²) in [4.78, 5) is 23.0. The summed E-state index contributed by atoms with van der Waals surface area (Å²) >= 11 is 0. The quantitative estimate of drug-likeness (QED) is 0.537. The second-order valence-corrected chi connectivity index (χ2v) is 7.40. The molecule has 0 saturated carbocycles. The van der Waals surface area contributed by atoms with Crippen molar-refractivity contribution in [1.82, 2.24) is 5.32 Å². The van der Waals surface area contributed by atoms with Crippen LogP contribution in [0.1, 0.15) is 28.2 Å². The lowest BCUT2D eigenvalue weighted by molar-refractivity contribution is -0.136.